The van der Waals surface area contributed by atoms with Crippen molar-refractivity contribution in [2.45, 2.75) is 19.4 Å². The Bertz CT molecular complexity index is 1150. The molecule has 182 valence electrons. The van der Waals surface area contributed by atoms with Gasteiger partial charge in [0.2, 0.25) is 5.91 Å². The number of hydrogen-bond acceptors (Lipinski definition) is 6. The second-order valence-electron chi connectivity index (χ2n) is 7.72. The highest BCUT2D eigenvalue weighted by Gasteiger charge is 2.10. The Morgan fingerprint density at radius 2 is 1.63 bits per heavy atom. The topological polar surface area (TPSA) is 98.3 Å². The lowest BCUT2D eigenvalue weighted by atomic mass is 10.1. The van der Waals surface area contributed by atoms with Crippen molar-refractivity contribution in [2.75, 3.05) is 20.8 Å². The van der Waals surface area contributed by atoms with Gasteiger partial charge in [0.15, 0.2) is 18.1 Å². The van der Waals surface area contributed by atoms with Gasteiger partial charge in [-0.05, 0) is 60.0 Å². The number of nitrogens with one attached hydrogen (secondary N) is 2. The number of carbonyl (C=O) groups excluding carboxylic acids is 2. The molecule has 0 saturated carbocycles. The van der Waals surface area contributed by atoms with E-state index in [2.05, 4.69) is 15.8 Å². The van der Waals surface area contributed by atoms with Gasteiger partial charge in [-0.1, -0.05) is 36.4 Å². The van der Waals surface area contributed by atoms with Gasteiger partial charge in [0.1, 0.15) is 5.75 Å². The van der Waals surface area contributed by atoms with Gasteiger partial charge >= 0.3 is 0 Å². The summed E-state index contributed by atoms with van der Waals surface area (Å²) in [6.07, 6.45) is 1.68. The minimum Gasteiger partial charge on any atom is -0.493 e. The molecule has 0 aliphatic heterocycles. The van der Waals surface area contributed by atoms with Crippen LogP contribution in [0.3, 0.4) is 0 Å². The number of rotatable bonds is 11. The van der Waals surface area contributed by atoms with Crippen molar-refractivity contribution in [3.8, 4) is 17.2 Å². The number of carbonyl (C=O) groups is 2. The van der Waals surface area contributed by atoms with Crippen molar-refractivity contribution >= 4 is 18.0 Å². The van der Waals surface area contributed by atoms with Crippen molar-refractivity contribution in [1.29, 1.82) is 0 Å². The van der Waals surface area contributed by atoms with Crippen molar-refractivity contribution in [3.05, 3.63) is 89.5 Å². The normalized spacial score (nSPS) is 11.5. The zero-order valence-corrected chi connectivity index (χ0v) is 20.0. The van der Waals surface area contributed by atoms with E-state index in [4.69, 9.17) is 14.2 Å². The van der Waals surface area contributed by atoms with Gasteiger partial charge in [0.05, 0.1) is 32.9 Å². The molecule has 3 rings (SSSR count). The first-order valence-electron chi connectivity index (χ1n) is 11.1. The number of nitrogens with zero attached hydrogens (tertiary/aromatic N) is 1. The van der Waals surface area contributed by atoms with Crippen LogP contribution in [0, 0.1) is 0 Å². The summed E-state index contributed by atoms with van der Waals surface area (Å²) in [5.41, 5.74) is 5.08. The number of benzene rings is 3. The minimum atomic E-state index is -0.260. The number of hydrazone groups is 1. The molecule has 0 heterocycles. The van der Waals surface area contributed by atoms with E-state index in [0.717, 1.165) is 16.7 Å². The van der Waals surface area contributed by atoms with Crippen LogP contribution in [0.15, 0.2) is 77.9 Å². The quantitative estimate of drug-likeness (QED) is 0.326. The molecule has 0 aromatic heterocycles. The van der Waals surface area contributed by atoms with E-state index in [1.54, 1.807) is 56.7 Å². The van der Waals surface area contributed by atoms with Crippen molar-refractivity contribution in [2.24, 2.45) is 5.10 Å². The highest BCUT2D eigenvalue weighted by molar-refractivity contribution is 5.83. The lowest BCUT2D eigenvalue weighted by Gasteiger charge is -2.14. The Kier molecular flexibility index (Phi) is 9.24. The Labute approximate surface area is 204 Å². The van der Waals surface area contributed by atoms with Gasteiger partial charge in [0, 0.05) is 0 Å². The van der Waals surface area contributed by atoms with Crippen LogP contribution in [0.1, 0.15) is 29.7 Å². The monoisotopic (exact) mass is 475 g/mol. The second kappa shape index (κ2) is 12.8. The number of methoxy groups -OCH3 is 2. The summed E-state index contributed by atoms with van der Waals surface area (Å²) < 4.78 is 16.0. The first-order valence-corrected chi connectivity index (χ1v) is 11.1. The molecule has 0 bridgehead atoms. The maximum Gasteiger partial charge on any atom is 0.258 e. The number of ether oxygens (including phenoxy) is 3. The summed E-state index contributed by atoms with van der Waals surface area (Å²) in [6.45, 7) is 1.84. The predicted molar refractivity (Wildman–Crippen MR) is 134 cm³/mol. The summed E-state index contributed by atoms with van der Waals surface area (Å²) in [5.74, 6) is 1.26. The molecule has 0 saturated heterocycles. The molecule has 35 heavy (non-hydrogen) atoms. The molecule has 8 nitrogen and oxygen atoms in total. The fourth-order valence-electron chi connectivity index (χ4n) is 3.30. The molecular weight excluding hydrogens is 446 g/mol. The molecule has 3 aromatic rings. The molecule has 3 aromatic carbocycles. The lowest BCUT2D eigenvalue weighted by molar-refractivity contribution is -0.123. The molecule has 0 spiro atoms. The third-order valence-corrected chi connectivity index (χ3v) is 5.14. The molecule has 1 unspecified atom stereocenters. The average molecular weight is 476 g/mol. The van der Waals surface area contributed by atoms with Gasteiger partial charge in [0.25, 0.3) is 5.91 Å². The van der Waals surface area contributed by atoms with Gasteiger partial charge in [-0.3, -0.25) is 9.59 Å². The summed E-state index contributed by atoms with van der Waals surface area (Å²) in [4.78, 5) is 24.3. The van der Waals surface area contributed by atoms with Crippen molar-refractivity contribution < 1.29 is 23.8 Å². The molecule has 0 fully saturated rings. The summed E-state index contributed by atoms with van der Waals surface area (Å²) >= 11 is 0. The van der Waals surface area contributed by atoms with Crippen LogP contribution in [0.2, 0.25) is 0 Å². The first-order chi connectivity index (χ1) is 17.0. The summed E-state index contributed by atoms with van der Waals surface area (Å²) in [5, 5.41) is 6.90. The second-order valence-corrected chi connectivity index (χ2v) is 7.72. The third-order valence-electron chi connectivity index (χ3n) is 5.14. The maximum absolute atomic E-state index is 12.2. The lowest BCUT2D eigenvalue weighted by Crippen LogP contribution is -2.31. The summed E-state index contributed by atoms with van der Waals surface area (Å²) in [6, 6.07) is 22.0. The molecule has 0 aliphatic carbocycles. The van der Waals surface area contributed by atoms with E-state index in [1.165, 1.54) is 6.21 Å². The van der Waals surface area contributed by atoms with E-state index in [-0.39, 0.29) is 30.9 Å². The number of hydrogen-bond donors (Lipinski definition) is 2. The van der Waals surface area contributed by atoms with Crippen LogP contribution in [0.4, 0.5) is 0 Å². The van der Waals surface area contributed by atoms with Crippen LogP contribution >= 0.6 is 0 Å². The third kappa shape index (κ3) is 7.89. The Hall–Kier alpha value is -4.33. The molecule has 2 N–H and O–H groups in total. The average Bonchev–Trinajstić information content (AvgIpc) is 2.88. The van der Waals surface area contributed by atoms with E-state index in [0.29, 0.717) is 17.2 Å². The predicted octanol–water partition coefficient (Wildman–Crippen LogP) is 3.65. The van der Waals surface area contributed by atoms with E-state index < -0.39 is 0 Å². The minimum absolute atomic E-state index is 0.0865. The van der Waals surface area contributed by atoms with Crippen LogP contribution in [0.5, 0.6) is 17.2 Å². The molecule has 0 radical (unpaired) electrons. The van der Waals surface area contributed by atoms with E-state index >= 15 is 0 Å². The van der Waals surface area contributed by atoms with Gasteiger partial charge in [-0.25, -0.2) is 5.43 Å². The van der Waals surface area contributed by atoms with Crippen molar-refractivity contribution in [1.82, 2.24) is 10.7 Å². The molecular formula is C27H29N3O5. The standard InChI is InChI=1S/C27H29N3O5/c1-19(22-7-5-4-6-8-22)29-27(32)18-35-23-12-9-20(10-13-23)17-28-30-26(31)16-21-11-14-24(33-2)25(15-21)34-3/h4-15,17,19H,16,18H2,1-3H3,(H,29,32)(H,30,31). The highest BCUT2D eigenvalue weighted by atomic mass is 16.5. The highest BCUT2D eigenvalue weighted by Crippen LogP contribution is 2.27. The fourth-order valence-corrected chi connectivity index (χ4v) is 3.30. The van der Waals surface area contributed by atoms with E-state index in [9.17, 15) is 9.59 Å². The first kappa shape index (κ1) is 25.3. The molecule has 2 amide bonds. The van der Waals surface area contributed by atoms with Gasteiger partial charge in [-0.2, -0.15) is 5.10 Å². The van der Waals surface area contributed by atoms with Crippen LogP contribution in [-0.4, -0.2) is 38.9 Å². The SMILES string of the molecule is COc1ccc(CC(=O)NN=Cc2ccc(OCC(=O)NC(C)c3ccccc3)cc2)cc1OC. The molecule has 0 aliphatic rings. The van der Waals surface area contributed by atoms with Crippen LogP contribution in [0.25, 0.3) is 0 Å². The van der Waals surface area contributed by atoms with Crippen LogP contribution in [-0.2, 0) is 16.0 Å². The van der Waals surface area contributed by atoms with Crippen molar-refractivity contribution in [3.63, 3.8) is 0 Å². The van der Waals surface area contributed by atoms with Crippen LogP contribution < -0.4 is 25.0 Å². The van der Waals surface area contributed by atoms with Gasteiger partial charge < -0.3 is 19.5 Å². The maximum atomic E-state index is 12.2. The summed E-state index contributed by atoms with van der Waals surface area (Å²) in [7, 11) is 3.10. The fraction of sp³-hybridized carbons (Fsp3) is 0.222. The zero-order chi connectivity index (χ0) is 25.0. The molecule has 1 atom stereocenters. The zero-order valence-electron chi connectivity index (χ0n) is 20.0. The number of amides is 2. The van der Waals surface area contributed by atoms with Gasteiger partial charge in [-0.15, -0.1) is 0 Å². The Morgan fingerprint density at radius 1 is 0.914 bits per heavy atom. The smallest absolute Gasteiger partial charge is 0.258 e. The Balaban J connectivity index is 1.43. The Morgan fingerprint density at radius 3 is 2.31 bits per heavy atom. The van der Waals surface area contributed by atoms with E-state index in [1.807, 2.05) is 37.3 Å². The molecule has 8 heteroatoms. The largest absolute Gasteiger partial charge is 0.493 e.